The Balaban J connectivity index is 2.96. The Bertz CT molecular complexity index is 479. The first kappa shape index (κ1) is 12.9. The second-order valence-corrected chi connectivity index (χ2v) is 4.15. The second kappa shape index (κ2) is 4.03. The van der Waals surface area contributed by atoms with E-state index in [0.29, 0.717) is 0 Å². The van der Waals surface area contributed by atoms with Crippen molar-refractivity contribution in [1.82, 2.24) is 9.78 Å². The van der Waals surface area contributed by atoms with Crippen LogP contribution in [0.15, 0.2) is 6.20 Å². The predicted molar refractivity (Wildman–Crippen MR) is 46.1 cm³/mol. The summed E-state index contributed by atoms with van der Waals surface area (Å²) in [6.07, 6.45) is -3.66. The molecular weight excluding hydrogens is 251 g/mol. The minimum absolute atomic E-state index is 0.399. The number of aromatic nitrogens is 2. The third-order valence-corrected chi connectivity index (χ3v) is 2.00. The molecule has 1 aromatic heterocycles. The molecule has 0 saturated heterocycles. The molecule has 0 aliphatic heterocycles. The molecule has 0 spiro atoms. The molecular formula is C6H8F3N3O3S. The average molecular weight is 259 g/mol. The number of hydrogen-bond donors (Lipinski definition) is 1. The molecule has 0 radical (unpaired) electrons. The van der Waals surface area contributed by atoms with Crippen LogP contribution in [0.5, 0.6) is 0 Å². The van der Waals surface area contributed by atoms with Gasteiger partial charge < -0.3 is 0 Å². The van der Waals surface area contributed by atoms with Gasteiger partial charge in [0.15, 0.2) is 5.69 Å². The molecule has 16 heavy (non-hydrogen) atoms. The van der Waals surface area contributed by atoms with Crippen LogP contribution >= 0.6 is 0 Å². The number of halogens is 3. The van der Waals surface area contributed by atoms with E-state index in [0.717, 1.165) is 10.9 Å². The van der Waals surface area contributed by atoms with Gasteiger partial charge in [-0.15, -0.1) is 0 Å². The minimum atomic E-state index is -4.67. The maximum absolute atomic E-state index is 12.4. The number of alkyl halides is 3. The third-order valence-electron chi connectivity index (χ3n) is 1.55. The summed E-state index contributed by atoms with van der Waals surface area (Å²) in [5.41, 5.74) is -1.59. The highest BCUT2D eigenvalue weighted by Gasteiger charge is 2.37. The molecule has 0 aliphatic carbocycles. The molecule has 0 saturated carbocycles. The molecule has 0 amide bonds. The van der Waals surface area contributed by atoms with Crippen molar-refractivity contribution in [3.8, 4) is 0 Å². The van der Waals surface area contributed by atoms with Crippen molar-refractivity contribution < 1.29 is 25.8 Å². The van der Waals surface area contributed by atoms with Gasteiger partial charge in [-0.05, 0) is 0 Å². The van der Waals surface area contributed by atoms with Crippen LogP contribution in [0.1, 0.15) is 11.3 Å². The summed E-state index contributed by atoms with van der Waals surface area (Å²) in [7, 11) is -3.01. The Kier molecular flexibility index (Phi) is 3.26. The van der Waals surface area contributed by atoms with E-state index in [1.165, 1.54) is 7.05 Å². The monoisotopic (exact) mass is 259 g/mol. The van der Waals surface area contributed by atoms with Gasteiger partial charge in [-0.3, -0.25) is 8.86 Å². The summed E-state index contributed by atoms with van der Waals surface area (Å²) < 4.78 is 62.9. The van der Waals surface area contributed by atoms with Crippen LogP contribution < -0.4 is 5.14 Å². The van der Waals surface area contributed by atoms with Crippen LogP contribution in [0, 0.1) is 0 Å². The molecule has 1 aromatic rings. The zero-order valence-electron chi connectivity index (χ0n) is 8.02. The molecule has 92 valence electrons. The highest BCUT2D eigenvalue weighted by molar-refractivity contribution is 7.84. The Morgan fingerprint density at radius 1 is 1.56 bits per heavy atom. The molecule has 0 aliphatic rings. The van der Waals surface area contributed by atoms with Gasteiger partial charge >= 0.3 is 16.5 Å². The molecule has 0 bridgehead atoms. The molecule has 10 heteroatoms. The summed E-state index contributed by atoms with van der Waals surface area (Å²) in [5, 5.41) is 7.65. The Morgan fingerprint density at radius 3 is 2.56 bits per heavy atom. The molecule has 2 N–H and O–H groups in total. The average Bonchev–Trinajstić information content (AvgIpc) is 2.41. The normalized spacial score (nSPS) is 13.1. The molecule has 1 rings (SSSR count). The van der Waals surface area contributed by atoms with Crippen molar-refractivity contribution >= 4 is 10.3 Å². The largest absolute Gasteiger partial charge is 0.435 e. The van der Waals surface area contributed by atoms with E-state index < -0.39 is 34.3 Å². The number of nitrogens with two attached hydrogens (primary N) is 1. The van der Waals surface area contributed by atoms with E-state index in [1.807, 2.05) is 0 Å². The van der Waals surface area contributed by atoms with Crippen LogP contribution in [0.2, 0.25) is 0 Å². The fourth-order valence-corrected chi connectivity index (χ4v) is 1.32. The lowest BCUT2D eigenvalue weighted by atomic mass is 10.2. The Morgan fingerprint density at radius 2 is 2.12 bits per heavy atom. The second-order valence-electron chi connectivity index (χ2n) is 2.93. The minimum Gasteiger partial charge on any atom is -0.275 e. The Labute approximate surface area is 89.1 Å². The lowest BCUT2D eigenvalue weighted by molar-refractivity contribution is -0.142. The lowest BCUT2D eigenvalue weighted by Crippen LogP contribution is -2.17. The quantitative estimate of drug-likeness (QED) is 0.837. The summed E-state index contributed by atoms with van der Waals surface area (Å²) >= 11 is 0. The Hall–Kier alpha value is -1.13. The van der Waals surface area contributed by atoms with Crippen molar-refractivity contribution in [3.63, 3.8) is 0 Å². The van der Waals surface area contributed by atoms with E-state index in [-0.39, 0.29) is 0 Å². The van der Waals surface area contributed by atoms with Crippen molar-refractivity contribution in [1.29, 1.82) is 0 Å². The lowest BCUT2D eigenvalue weighted by Gasteiger charge is -2.05. The van der Waals surface area contributed by atoms with Gasteiger partial charge in [0.1, 0.15) is 0 Å². The summed E-state index contributed by atoms with van der Waals surface area (Å²) in [4.78, 5) is 0. The van der Waals surface area contributed by atoms with Crippen LogP contribution in [0.25, 0.3) is 0 Å². The summed E-state index contributed by atoms with van der Waals surface area (Å²) in [6.45, 7) is -0.804. The van der Waals surface area contributed by atoms with Crippen LogP contribution in [0.3, 0.4) is 0 Å². The van der Waals surface area contributed by atoms with E-state index in [1.54, 1.807) is 0 Å². The zero-order valence-corrected chi connectivity index (χ0v) is 8.84. The van der Waals surface area contributed by atoms with Crippen molar-refractivity contribution in [2.45, 2.75) is 12.8 Å². The first-order valence-corrected chi connectivity index (χ1v) is 5.33. The third kappa shape index (κ3) is 3.47. The fourth-order valence-electron chi connectivity index (χ4n) is 1.03. The van der Waals surface area contributed by atoms with Gasteiger partial charge in [0, 0.05) is 18.8 Å². The first-order chi connectivity index (χ1) is 7.09. The maximum atomic E-state index is 12.4. The van der Waals surface area contributed by atoms with E-state index in [9.17, 15) is 21.6 Å². The van der Waals surface area contributed by atoms with Gasteiger partial charge in [0.05, 0.1) is 6.61 Å². The van der Waals surface area contributed by atoms with Crippen molar-refractivity contribution in [2.24, 2.45) is 12.2 Å². The molecule has 0 fully saturated rings. The molecule has 0 atom stereocenters. The number of rotatable bonds is 3. The van der Waals surface area contributed by atoms with Crippen LogP contribution in [0.4, 0.5) is 13.2 Å². The van der Waals surface area contributed by atoms with Crippen molar-refractivity contribution in [3.05, 3.63) is 17.5 Å². The molecule has 1 heterocycles. The molecule has 6 nitrogen and oxygen atoms in total. The number of aryl methyl sites for hydroxylation is 1. The van der Waals surface area contributed by atoms with Crippen molar-refractivity contribution in [2.75, 3.05) is 0 Å². The van der Waals surface area contributed by atoms with E-state index in [4.69, 9.17) is 0 Å². The summed E-state index contributed by atoms with van der Waals surface area (Å²) in [6, 6.07) is 0. The van der Waals surface area contributed by atoms with Gasteiger partial charge in [0.2, 0.25) is 0 Å². The topological polar surface area (TPSA) is 87.2 Å². The predicted octanol–water partition coefficient (Wildman–Crippen LogP) is 0.159. The highest BCUT2D eigenvalue weighted by Crippen LogP contribution is 2.30. The molecule has 0 aromatic carbocycles. The summed E-state index contributed by atoms with van der Waals surface area (Å²) in [5.74, 6) is 0. The van der Waals surface area contributed by atoms with Gasteiger partial charge in [-0.1, -0.05) is 0 Å². The number of hydrogen-bond acceptors (Lipinski definition) is 4. The van der Waals surface area contributed by atoms with E-state index in [2.05, 4.69) is 14.4 Å². The van der Waals surface area contributed by atoms with Crippen LogP contribution in [-0.4, -0.2) is 18.2 Å². The maximum Gasteiger partial charge on any atom is 0.435 e. The van der Waals surface area contributed by atoms with Gasteiger partial charge in [-0.25, -0.2) is 5.14 Å². The highest BCUT2D eigenvalue weighted by atomic mass is 32.2. The standard InChI is InChI=1S/C6H8F3N3O3S/c1-12-2-4(3-15-16(10,13)14)5(11-12)6(7,8)9/h2H,3H2,1H3,(H2,10,13,14). The fraction of sp³-hybridized carbons (Fsp3) is 0.500. The SMILES string of the molecule is Cn1cc(COS(N)(=O)=O)c(C(F)(F)F)n1. The van der Waals surface area contributed by atoms with E-state index >= 15 is 0 Å². The zero-order chi connectivity index (χ0) is 12.6. The number of nitrogens with zero attached hydrogens (tertiary/aromatic N) is 2. The van der Waals surface area contributed by atoms with Gasteiger partial charge in [-0.2, -0.15) is 26.7 Å². The smallest absolute Gasteiger partial charge is 0.275 e. The van der Waals surface area contributed by atoms with Crippen LogP contribution in [-0.2, 0) is 34.3 Å². The van der Waals surface area contributed by atoms with Gasteiger partial charge in [0.25, 0.3) is 0 Å². The first-order valence-electron chi connectivity index (χ1n) is 3.86. The molecule has 0 unspecified atom stereocenters.